The average molecular weight is 205 g/mol. The van der Waals surface area contributed by atoms with Gasteiger partial charge in [0.2, 0.25) is 0 Å². The molecule has 1 heterocycles. The SMILES string of the molecule is c1ccc2ccc(-c3ccccn3)c-2cc1. The number of hydrogen-bond acceptors (Lipinski definition) is 1. The molecule has 0 aliphatic heterocycles. The Morgan fingerprint density at radius 3 is 2.38 bits per heavy atom. The van der Waals surface area contributed by atoms with Crippen LogP contribution < -0.4 is 0 Å². The van der Waals surface area contributed by atoms with Gasteiger partial charge >= 0.3 is 0 Å². The first-order chi connectivity index (χ1) is 7.95. The smallest absolute Gasteiger partial charge is 0.0708 e. The predicted octanol–water partition coefficient (Wildman–Crippen LogP) is 3.85. The molecule has 0 radical (unpaired) electrons. The normalized spacial score (nSPS) is 10.5. The van der Waals surface area contributed by atoms with Crippen LogP contribution in [0.1, 0.15) is 0 Å². The predicted molar refractivity (Wildman–Crippen MR) is 66.3 cm³/mol. The van der Waals surface area contributed by atoms with Crippen molar-refractivity contribution in [2.24, 2.45) is 0 Å². The van der Waals surface area contributed by atoms with Crippen LogP contribution in [0.15, 0.2) is 66.9 Å². The summed E-state index contributed by atoms with van der Waals surface area (Å²) in [6.07, 6.45) is 1.83. The van der Waals surface area contributed by atoms with E-state index in [0.717, 1.165) is 5.69 Å². The Morgan fingerprint density at radius 2 is 1.50 bits per heavy atom. The van der Waals surface area contributed by atoms with E-state index in [1.54, 1.807) is 0 Å². The summed E-state index contributed by atoms with van der Waals surface area (Å²) in [6.45, 7) is 0. The van der Waals surface area contributed by atoms with Crippen molar-refractivity contribution >= 4 is 0 Å². The second-order valence-electron chi connectivity index (χ2n) is 3.74. The number of pyridine rings is 1. The van der Waals surface area contributed by atoms with E-state index in [-0.39, 0.29) is 0 Å². The molecular formula is C15H11N. The van der Waals surface area contributed by atoms with Crippen molar-refractivity contribution in [1.82, 2.24) is 4.98 Å². The van der Waals surface area contributed by atoms with Gasteiger partial charge in [-0.3, -0.25) is 4.98 Å². The summed E-state index contributed by atoms with van der Waals surface area (Å²) in [5.41, 5.74) is 4.74. The number of nitrogens with zero attached hydrogens (tertiary/aromatic N) is 1. The molecule has 0 saturated heterocycles. The molecule has 0 bridgehead atoms. The number of fused-ring (bicyclic) bond motifs is 1. The van der Waals surface area contributed by atoms with Crippen molar-refractivity contribution in [2.75, 3.05) is 0 Å². The van der Waals surface area contributed by atoms with E-state index in [2.05, 4.69) is 41.4 Å². The van der Waals surface area contributed by atoms with Crippen LogP contribution in [0.4, 0.5) is 0 Å². The lowest BCUT2D eigenvalue weighted by atomic mass is 10.1. The van der Waals surface area contributed by atoms with Crippen molar-refractivity contribution < 1.29 is 0 Å². The van der Waals surface area contributed by atoms with Gasteiger partial charge in [0.05, 0.1) is 5.69 Å². The van der Waals surface area contributed by atoms with Gasteiger partial charge in [-0.05, 0) is 23.3 Å². The molecule has 3 rings (SSSR count). The third kappa shape index (κ3) is 1.47. The van der Waals surface area contributed by atoms with Crippen molar-refractivity contribution in [3.05, 3.63) is 66.9 Å². The van der Waals surface area contributed by atoms with E-state index in [1.807, 2.05) is 30.5 Å². The van der Waals surface area contributed by atoms with Crippen LogP contribution in [0.3, 0.4) is 0 Å². The van der Waals surface area contributed by atoms with Crippen molar-refractivity contribution in [3.8, 4) is 22.4 Å². The molecule has 1 aromatic heterocycles. The number of rotatable bonds is 1. The van der Waals surface area contributed by atoms with Crippen LogP contribution in [0, 0.1) is 0 Å². The summed E-state index contributed by atoms with van der Waals surface area (Å²) in [7, 11) is 0. The third-order valence-electron chi connectivity index (χ3n) is 2.73. The Morgan fingerprint density at radius 1 is 0.625 bits per heavy atom. The molecule has 0 amide bonds. The maximum Gasteiger partial charge on any atom is 0.0708 e. The molecule has 0 saturated carbocycles. The third-order valence-corrected chi connectivity index (χ3v) is 2.73. The molecule has 0 aromatic carbocycles. The minimum atomic E-state index is 1.03. The Kier molecular flexibility index (Phi) is 2.15. The van der Waals surface area contributed by atoms with Crippen LogP contribution in [0.5, 0.6) is 0 Å². The summed E-state index contributed by atoms with van der Waals surface area (Å²) in [5, 5.41) is 0. The van der Waals surface area contributed by atoms with E-state index in [0.29, 0.717) is 0 Å². The second-order valence-corrected chi connectivity index (χ2v) is 3.74. The zero-order valence-corrected chi connectivity index (χ0v) is 8.80. The van der Waals surface area contributed by atoms with Gasteiger partial charge in [-0.1, -0.05) is 48.5 Å². The van der Waals surface area contributed by atoms with Gasteiger partial charge in [0.15, 0.2) is 0 Å². The minimum Gasteiger partial charge on any atom is -0.256 e. The Bertz CT molecular complexity index is 572. The average Bonchev–Trinajstić information content (AvgIpc) is 2.60. The highest BCUT2D eigenvalue weighted by molar-refractivity contribution is 5.84. The van der Waals surface area contributed by atoms with Gasteiger partial charge in [0, 0.05) is 11.8 Å². The first kappa shape index (κ1) is 9.10. The highest BCUT2D eigenvalue weighted by Gasteiger charge is 2.09. The number of hydrogen-bond donors (Lipinski definition) is 0. The molecule has 0 spiro atoms. The molecule has 0 N–H and O–H groups in total. The molecule has 1 heteroatoms. The second kappa shape index (κ2) is 3.78. The van der Waals surface area contributed by atoms with Gasteiger partial charge in [0.25, 0.3) is 0 Å². The van der Waals surface area contributed by atoms with Crippen LogP contribution in [0.25, 0.3) is 22.4 Å². The van der Waals surface area contributed by atoms with E-state index in [9.17, 15) is 0 Å². The van der Waals surface area contributed by atoms with Gasteiger partial charge in [-0.15, -0.1) is 0 Å². The molecule has 0 atom stereocenters. The zero-order chi connectivity index (χ0) is 10.8. The topological polar surface area (TPSA) is 12.9 Å². The largest absolute Gasteiger partial charge is 0.256 e. The van der Waals surface area contributed by atoms with Crippen LogP contribution in [-0.4, -0.2) is 4.98 Å². The Balaban J connectivity index is 2.22. The molecule has 1 aromatic rings. The van der Waals surface area contributed by atoms with Gasteiger partial charge in [-0.25, -0.2) is 0 Å². The van der Waals surface area contributed by atoms with Crippen molar-refractivity contribution in [1.29, 1.82) is 0 Å². The summed E-state index contributed by atoms with van der Waals surface area (Å²) in [4.78, 5) is 4.39. The highest BCUT2D eigenvalue weighted by Crippen LogP contribution is 2.33. The fourth-order valence-electron chi connectivity index (χ4n) is 1.96. The van der Waals surface area contributed by atoms with E-state index in [4.69, 9.17) is 0 Å². The molecule has 1 nitrogen and oxygen atoms in total. The van der Waals surface area contributed by atoms with Crippen LogP contribution in [0.2, 0.25) is 0 Å². The highest BCUT2D eigenvalue weighted by atomic mass is 14.7. The maximum absolute atomic E-state index is 4.39. The molecule has 2 aliphatic rings. The van der Waals surface area contributed by atoms with Crippen LogP contribution >= 0.6 is 0 Å². The van der Waals surface area contributed by atoms with Gasteiger partial charge < -0.3 is 0 Å². The molecule has 76 valence electrons. The van der Waals surface area contributed by atoms with Crippen molar-refractivity contribution in [3.63, 3.8) is 0 Å². The lowest BCUT2D eigenvalue weighted by Gasteiger charge is -2.00. The first-order valence-electron chi connectivity index (χ1n) is 5.34. The van der Waals surface area contributed by atoms with E-state index >= 15 is 0 Å². The standard InChI is InChI=1S/C15H11N/c1-2-6-12-9-10-14(13(12)7-3-1)15-8-4-5-11-16-15/h1-11H. The Hall–Kier alpha value is -2.15. The molecule has 0 fully saturated rings. The summed E-state index contributed by atoms with van der Waals surface area (Å²) >= 11 is 0. The van der Waals surface area contributed by atoms with Crippen molar-refractivity contribution in [2.45, 2.75) is 0 Å². The zero-order valence-electron chi connectivity index (χ0n) is 8.80. The Labute approximate surface area is 94.7 Å². The molecule has 16 heavy (non-hydrogen) atoms. The molecule has 2 aliphatic carbocycles. The monoisotopic (exact) mass is 205 g/mol. The summed E-state index contributed by atoms with van der Waals surface area (Å²) in [5.74, 6) is 0. The maximum atomic E-state index is 4.39. The van der Waals surface area contributed by atoms with Gasteiger partial charge in [0.1, 0.15) is 0 Å². The van der Waals surface area contributed by atoms with E-state index in [1.165, 1.54) is 16.7 Å². The molecular weight excluding hydrogens is 194 g/mol. The lowest BCUT2D eigenvalue weighted by molar-refractivity contribution is 1.33. The summed E-state index contributed by atoms with van der Waals surface area (Å²) < 4.78 is 0. The first-order valence-corrected chi connectivity index (χ1v) is 5.34. The number of aromatic nitrogens is 1. The fraction of sp³-hybridized carbons (Fsp3) is 0. The van der Waals surface area contributed by atoms with Gasteiger partial charge in [-0.2, -0.15) is 0 Å². The quantitative estimate of drug-likeness (QED) is 0.588. The minimum absolute atomic E-state index is 1.03. The lowest BCUT2D eigenvalue weighted by Crippen LogP contribution is -1.80. The van der Waals surface area contributed by atoms with E-state index < -0.39 is 0 Å². The fourth-order valence-corrected chi connectivity index (χ4v) is 1.96. The van der Waals surface area contributed by atoms with Crippen LogP contribution in [-0.2, 0) is 0 Å². The molecule has 0 unspecified atom stereocenters. The summed E-state index contributed by atoms with van der Waals surface area (Å²) in [6, 6.07) is 20.7.